The molecule has 0 aliphatic carbocycles. The average molecular weight is 222 g/mol. The molecule has 0 saturated heterocycles. The van der Waals surface area contributed by atoms with Crippen LogP contribution in [0.3, 0.4) is 0 Å². The van der Waals surface area contributed by atoms with Crippen LogP contribution in [0, 0.1) is 0 Å². The van der Waals surface area contributed by atoms with Gasteiger partial charge in [0.15, 0.2) is 0 Å². The van der Waals surface area contributed by atoms with Crippen LogP contribution in [0.15, 0.2) is 30.3 Å². The normalized spacial score (nSPS) is 11.4. The van der Waals surface area contributed by atoms with Crippen LogP contribution in [0.25, 0.3) is 0 Å². The van der Waals surface area contributed by atoms with E-state index >= 15 is 0 Å². The Morgan fingerprint density at radius 2 is 1.82 bits per heavy atom. The fourth-order valence-corrected chi connectivity index (χ4v) is 0.810. The molecular formula is C9H9OY-. The standard InChI is InChI=1S/C9H9O.Y/c1-8(7-10)9-5-3-2-4-6-9;/h2-6,8H,1H3;/q-1;/t8-;/m0./s1. The van der Waals surface area contributed by atoms with E-state index in [1.807, 2.05) is 43.5 Å². The zero-order valence-corrected chi connectivity index (χ0v) is 9.29. The third kappa shape index (κ3) is 3.26. The Morgan fingerprint density at radius 3 is 2.27 bits per heavy atom. The number of rotatable bonds is 2. The van der Waals surface area contributed by atoms with Crippen molar-refractivity contribution in [3.8, 4) is 0 Å². The van der Waals surface area contributed by atoms with Crippen molar-refractivity contribution in [1.29, 1.82) is 0 Å². The summed E-state index contributed by atoms with van der Waals surface area (Å²) in [6, 6.07) is 9.62. The molecule has 0 saturated carbocycles. The van der Waals surface area contributed by atoms with Gasteiger partial charge >= 0.3 is 0 Å². The molecule has 2 heteroatoms. The summed E-state index contributed by atoms with van der Waals surface area (Å²) in [6.07, 6.45) is 1.93. The molecule has 1 aromatic rings. The predicted octanol–water partition coefficient (Wildman–Crippen LogP) is 1.90. The molecule has 0 amide bonds. The summed E-state index contributed by atoms with van der Waals surface area (Å²) in [7, 11) is 0. The molecule has 55 valence electrons. The van der Waals surface area contributed by atoms with E-state index in [9.17, 15) is 4.79 Å². The van der Waals surface area contributed by atoms with Crippen LogP contribution < -0.4 is 0 Å². The second kappa shape index (κ2) is 5.62. The summed E-state index contributed by atoms with van der Waals surface area (Å²) in [5.74, 6) is -0.0961. The van der Waals surface area contributed by atoms with E-state index in [1.165, 1.54) is 0 Å². The Balaban J connectivity index is 0.000001000. The molecule has 1 atom stereocenters. The Bertz CT molecular complexity index is 208. The molecule has 1 nitrogen and oxygen atoms in total. The fraction of sp³-hybridized carbons (Fsp3) is 0.222. The molecule has 11 heavy (non-hydrogen) atoms. The van der Waals surface area contributed by atoms with E-state index in [1.54, 1.807) is 0 Å². The van der Waals surface area contributed by atoms with Crippen molar-refractivity contribution in [3.63, 3.8) is 0 Å². The quantitative estimate of drug-likeness (QED) is 0.698. The molecule has 1 radical (unpaired) electrons. The summed E-state index contributed by atoms with van der Waals surface area (Å²) in [6.45, 7) is 1.84. The molecular weight excluding hydrogens is 213 g/mol. The van der Waals surface area contributed by atoms with Gasteiger partial charge in [0.1, 0.15) is 0 Å². The first-order valence-electron chi connectivity index (χ1n) is 3.27. The topological polar surface area (TPSA) is 17.1 Å². The van der Waals surface area contributed by atoms with Crippen LogP contribution in [0.2, 0.25) is 0 Å². The van der Waals surface area contributed by atoms with Gasteiger partial charge in [-0.15, -0.1) is 5.92 Å². The molecule has 0 fully saturated rings. The summed E-state index contributed by atoms with van der Waals surface area (Å²) in [5.41, 5.74) is 1.03. The third-order valence-electron chi connectivity index (χ3n) is 1.48. The minimum absolute atomic E-state index is 0. The molecule has 0 aliphatic heterocycles. The van der Waals surface area contributed by atoms with E-state index < -0.39 is 0 Å². The number of hydrogen-bond donors (Lipinski definition) is 0. The van der Waals surface area contributed by atoms with Crippen LogP contribution in [0.4, 0.5) is 0 Å². The minimum Gasteiger partial charge on any atom is -0.541 e. The van der Waals surface area contributed by atoms with Crippen LogP contribution in [0.5, 0.6) is 0 Å². The van der Waals surface area contributed by atoms with Gasteiger partial charge in [0, 0.05) is 32.7 Å². The minimum atomic E-state index is -0.0961. The van der Waals surface area contributed by atoms with Gasteiger partial charge in [-0.2, -0.15) is 0 Å². The van der Waals surface area contributed by atoms with Crippen LogP contribution in [0.1, 0.15) is 18.4 Å². The van der Waals surface area contributed by atoms with Gasteiger partial charge in [0.25, 0.3) is 0 Å². The van der Waals surface area contributed by atoms with Crippen LogP contribution in [-0.4, -0.2) is 6.29 Å². The summed E-state index contributed by atoms with van der Waals surface area (Å²) in [5, 5.41) is 0. The molecule has 0 N–H and O–H groups in total. The molecule has 0 spiro atoms. The van der Waals surface area contributed by atoms with E-state index in [0.717, 1.165) is 5.56 Å². The smallest absolute Gasteiger partial charge is 0 e. The molecule has 1 aromatic carbocycles. The van der Waals surface area contributed by atoms with Gasteiger partial charge in [0.05, 0.1) is 0 Å². The first kappa shape index (κ1) is 11.0. The van der Waals surface area contributed by atoms with E-state index in [0.29, 0.717) is 0 Å². The van der Waals surface area contributed by atoms with Gasteiger partial charge in [-0.1, -0.05) is 42.8 Å². The summed E-state index contributed by atoms with van der Waals surface area (Å²) in [4.78, 5) is 10.2. The SMILES string of the molecule is C[C@@H]([C-]=O)c1ccccc1.[Y]. The van der Waals surface area contributed by atoms with Crippen molar-refractivity contribution in [2.24, 2.45) is 0 Å². The van der Waals surface area contributed by atoms with Crippen molar-refractivity contribution in [3.05, 3.63) is 35.9 Å². The maximum absolute atomic E-state index is 10.2. The Morgan fingerprint density at radius 1 is 1.27 bits per heavy atom. The molecule has 0 aliphatic rings. The van der Waals surface area contributed by atoms with Gasteiger partial charge in [0.2, 0.25) is 0 Å². The summed E-state index contributed by atoms with van der Waals surface area (Å²) < 4.78 is 0. The predicted molar refractivity (Wildman–Crippen MR) is 40.6 cm³/mol. The molecule has 0 unspecified atom stereocenters. The van der Waals surface area contributed by atoms with Crippen molar-refractivity contribution < 1.29 is 37.5 Å². The van der Waals surface area contributed by atoms with Crippen LogP contribution in [-0.2, 0) is 37.5 Å². The molecule has 0 aromatic heterocycles. The number of benzene rings is 1. The second-order valence-corrected chi connectivity index (χ2v) is 2.25. The van der Waals surface area contributed by atoms with Gasteiger partial charge in [-0.05, 0) is 0 Å². The number of carbonyl (C=O) groups excluding carboxylic acids is 1. The zero-order chi connectivity index (χ0) is 7.40. The molecule has 1 rings (SSSR count). The maximum Gasteiger partial charge on any atom is 0 e. The Hall–Kier alpha value is -0.00610. The monoisotopic (exact) mass is 222 g/mol. The largest absolute Gasteiger partial charge is 0.541 e. The number of hydrogen-bond acceptors (Lipinski definition) is 1. The van der Waals surface area contributed by atoms with Gasteiger partial charge < -0.3 is 4.79 Å². The Kier molecular flexibility index (Phi) is 5.62. The van der Waals surface area contributed by atoms with E-state index in [2.05, 4.69) is 0 Å². The van der Waals surface area contributed by atoms with Crippen LogP contribution >= 0.6 is 0 Å². The van der Waals surface area contributed by atoms with Gasteiger partial charge in [-0.3, -0.25) is 6.29 Å². The Labute approximate surface area is 92.1 Å². The second-order valence-electron chi connectivity index (χ2n) is 2.25. The zero-order valence-electron chi connectivity index (χ0n) is 6.45. The fourth-order valence-electron chi connectivity index (χ4n) is 0.810. The van der Waals surface area contributed by atoms with Crippen molar-refractivity contribution >= 4 is 6.29 Å². The van der Waals surface area contributed by atoms with Crippen molar-refractivity contribution in [2.75, 3.05) is 0 Å². The first-order valence-corrected chi connectivity index (χ1v) is 3.27. The summed E-state index contributed by atoms with van der Waals surface area (Å²) >= 11 is 0. The van der Waals surface area contributed by atoms with Crippen molar-refractivity contribution in [2.45, 2.75) is 12.8 Å². The first-order chi connectivity index (χ1) is 4.84. The average Bonchev–Trinajstić information content (AvgIpc) is 2.05. The van der Waals surface area contributed by atoms with E-state index in [4.69, 9.17) is 0 Å². The molecule has 0 heterocycles. The van der Waals surface area contributed by atoms with E-state index in [-0.39, 0.29) is 38.6 Å². The van der Waals surface area contributed by atoms with Crippen molar-refractivity contribution in [1.82, 2.24) is 0 Å². The third-order valence-corrected chi connectivity index (χ3v) is 1.48. The van der Waals surface area contributed by atoms with Gasteiger partial charge in [-0.25, -0.2) is 0 Å². The maximum atomic E-state index is 10.2. The molecule has 0 bridgehead atoms.